The molecular formula is C48H56ClN5O6S. The van der Waals surface area contributed by atoms with Crippen LogP contribution in [-0.2, 0) is 10.0 Å². The maximum Gasteiger partial charge on any atom is 0.268 e. The fraction of sp³-hybridized carbons (Fsp3) is 0.417. The summed E-state index contributed by atoms with van der Waals surface area (Å²) >= 11 is 6.25. The van der Waals surface area contributed by atoms with Crippen LogP contribution in [-0.4, -0.2) is 79.2 Å². The molecule has 322 valence electrons. The molecule has 2 aliphatic carbocycles. The van der Waals surface area contributed by atoms with Crippen molar-refractivity contribution in [1.29, 1.82) is 0 Å². The molecule has 1 aliphatic heterocycles. The number of aromatic amines is 1. The van der Waals surface area contributed by atoms with Gasteiger partial charge in [-0.05, 0) is 141 Å². The summed E-state index contributed by atoms with van der Waals surface area (Å²) in [5, 5.41) is 11.9. The second kappa shape index (κ2) is 17.5. The van der Waals surface area contributed by atoms with Crippen LogP contribution in [0.3, 0.4) is 0 Å². The van der Waals surface area contributed by atoms with E-state index >= 15 is 0 Å². The molecule has 0 atom stereocenters. The van der Waals surface area contributed by atoms with E-state index in [9.17, 15) is 18.3 Å². The lowest BCUT2D eigenvalue weighted by Gasteiger charge is -2.39. The maximum absolute atomic E-state index is 13.9. The van der Waals surface area contributed by atoms with Gasteiger partial charge in [-0.1, -0.05) is 43.2 Å². The summed E-state index contributed by atoms with van der Waals surface area (Å²) in [5.74, 6) is 0.726. The molecule has 2 aromatic heterocycles. The predicted octanol–water partition coefficient (Wildman–Crippen LogP) is 9.54. The maximum atomic E-state index is 13.9. The molecule has 11 nitrogen and oxygen atoms in total. The van der Waals surface area contributed by atoms with Gasteiger partial charge >= 0.3 is 0 Å². The largest absolute Gasteiger partial charge is 0.493 e. The van der Waals surface area contributed by atoms with E-state index in [-0.39, 0.29) is 21.6 Å². The number of ether oxygens (including phenoxy) is 2. The number of carbonyl (C=O) groups is 1. The minimum Gasteiger partial charge on any atom is -0.493 e. The quantitative estimate of drug-likeness (QED) is 0.112. The molecule has 0 radical (unpaired) electrons. The lowest BCUT2D eigenvalue weighted by molar-refractivity contribution is 0.00148. The molecule has 3 N–H and O–H groups in total. The number of aryl methyl sites for hydroxylation is 1. The Morgan fingerprint density at radius 1 is 0.951 bits per heavy atom. The van der Waals surface area contributed by atoms with Crippen molar-refractivity contribution in [1.82, 2.24) is 19.6 Å². The van der Waals surface area contributed by atoms with Crippen LogP contribution in [0.15, 0.2) is 95.7 Å². The van der Waals surface area contributed by atoms with E-state index < -0.39 is 21.5 Å². The number of amides is 1. The van der Waals surface area contributed by atoms with Gasteiger partial charge < -0.3 is 24.5 Å². The van der Waals surface area contributed by atoms with Gasteiger partial charge in [0.05, 0.1) is 28.9 Å². The van der Waals surface area contributed by atoms with Crippen LogP contribution < -0.4 is 19.1 Å². The standard InChI is InChI=1S/C48H56ClN5O6S/c1-32-25-40(10-12-43(32)59-31-33-13-18-48(4,56)19-14-33)61(57,58)52-46(55)41-11-9-38(27-44(41)60-39-26-35-16-20-50-45(35)51-29-39)54-23-21-53(22-24-54)30-36-15-17-47(2,3)28-42(36)34-5-7-37(49)8-6-34/h5-12,16,20,25-27,29,33,56H,13-15,17-19,21-24,28,30-31H2,1-4H3,(H,50,51)(H,52,55). The zero-order chi connectivity index (χ0) is 42.9. The molecule has 13 heteroatoms. The number of halogens is 1. The van der Waals surface area contributed by atoms with Crippen LogP contribution in [0, 0.1) is 18.3 Å². The molecule has 1 saturated carbocycles. The molecule has 1 amide bonds. The third kappa shape index (κ3) is 10.3. The SMILES string of the molecule is Cc1cc(S(=O)(=O)NC(=O)c2ccc(N3CCN(CC4=C(c5ccc(Cl)cc5)CC(C)(C)CC4)CC3)cc2Oc2cnc3[nH]ccc3c2)ccc1OCC1CCC(C)(O)CC1. The first-order chi connectivity index (χ1) is 29.1. The van der Waals surface area contributed by atoms with Gasteiger partial charge in [0, 0.05) is 61.1 Å². The molecule has 61 heavy (non-hydrogen) atoms. The number of fused-ring (bicyclic) bond motifs is 1. The Hall–Kier alpha value is -4.88. The normalized spacial score (nSPS) is 21.1. The highest BCUT2D eigenvalue weighted by atomic mass is 35.5. The second-order valence-corrected chi connectivity index (χ2v) is 20.3. The number of H-pyrrole nitrogens is 1. The van der Waals surface area contributed by atoms with E-state index in [1.807, 2.05) is 43.3 Å². The number of rotatable bonds is 12. The zero-order valence-corrected chi connectivity index (χ0v) is 37.0. The number of piperazine rings is 1. The van der Waals surface area contributed by atoms with Crippen molar-refractivity contribution in [2.45, 2.75) is 83.1 Å². The molecule has 2 fully saturated rings. The van der Waals surface area contributed by atoms with E-state index in [0.717, 1.165) is 93.8 Å². The third-order valence-corrected chi connectivity index (χ3v) is 14.3. The van der Waals surface area contributed by atoms with E-state index in [1.54, 1.807) is 31.5 Å². The van der Waals surface area contributed by atoms with Gasteiger partial charge in [0.15, 0.2) is 0 Å². The van der Waals surface area contributed by atoms with Crippen molar-refractivity contribution < 1.29 is 27.8 Å². The Bertz CT molecular complexity index is 2530. The number of pyridine rings is 1. The number of aromatic nitrogens is 2. The molecule has 3 heterocycles. The van der Waals surface area contributed by atoms with Crippen molar-refractivity contribution in [3.8, 4) is 17.2 Å². The molecule has 0 spiro atoms. The summed E-state index contributed by atoms with van der Waals surface area (Å²) in [4.78, 5) is 26.2. The Labute approximate surface area is 364 Å². The zero-order valence-electron chi connectivity index (χ0n) is 35.5. The summed E-state index contributed by atoms with van der Waals surface area (Å²) in [6.45, 7) is 13.0. The first-order valence-electron chi connectivity index (χ1n) is 21.3. The Kier molecular flexibility index (Phi) is 12.3. The van der Waals surface area contributed by atoms with Crippen LogP contribution in [0.1, 0.15) is 87.2 Å². The molecule has 3 aromatic carbocycles. The smallest absolute Gasteiger partial charge is 0.268 e. The lowest BCUT2D eigenvalue weighted by Crippen LogP contribution is -2.47. The molecule has 8 rings (SSSR count). The highest BCUT2D eigenvalue weighted by molar-refractivity contribution is 7.90. The lowest BCUT2D eigenvalue weighted by atomic mass is 9.72. The molecular weight excluding hydrogens is 810 g/mol. The van der Waals surface area contributed by atoms with E-state index in [2.05, 4.69) is 50.5 Å². The number of nitrogens with zero attached hydrogens (tertiary/aromatic N) is 3. The van der Waals surface area contributed by atoms with Crippen molar-refractivity contribution in [3.63, 3.8) is 0 Å². The minimum atomic E-state index is -4.27. The number of aliphatic hydroxyl groups is 1. The first kappa shape index (κ1) is 42.8. The summed E-state index contributed by atoms with van der Waals surface area (Å²) in [5.41, 5.74) is 6.09. The molecule has 0 unspecified atom stereocenters. The highest BCUT2D eigenvalue weighted by Crippen LogP contribution is 2.43. The van der Waals surface area contributed by atoms with Gasteiger partial charge in [-0.2, -0.15) is 0 Å². The average Bonchev–Trinajstić information content (AvgIpc) is 3.70. The van der Waals surface area contributed by atoms with E-state index in [0.29, 0.717) is 35.2 Å². The fourth-order valence-corrected chi connectivity index (χ4v) is 10.0. The minimum absolute atomic E-state index is 0.0496. The van der Waals surface area contributed by atoms with Crippen molar-refractivity contribution in [3.05, 3.63) is 112 Å². The van der Waals surface area contributed by atoms with E-state index in [1.165, 1.54) is 28.8 Å². The number of hydrogen-bond acceptors (Lipinski definition) is 9. The van der Waals surface area contributed by atoms with Crippen LogP contribution in [0.2, 0.25) is 5.02 Å². The van der Waals surface area contributed by atoms with Gasteiger partial charge in [0.25, 0.3) is 15.9 Å². The molecule has 0 bridgehead atoms. The van der Waals surface area contributed by atoms with E-state index in [4.69, 9.17) is 21.1 Å². The number of sulfonamides is 1. The Balaban J connectivity index is 0.974. The van der Waals surface area contributed by atoms with Gasteiger partial charge in [0.1, 0.15) is 22.9 Å². The summed E-state index contributed by atoms with van der Waals surface area (Å²) < 4.78 is 42.1. The van der Waals surface area contributed by atoms with Crippen LogP contribution in [0.4, 0.5) is 5.69 Å². The fourth-order valence-electron chi connectivity index (χ4n) is 8.84. The monoisotopic (exact) mass is 865 g/mol. The average molecular weight is 867 g/mol. The van der Waals surface area contributed by atoms with Crippen molar-refractivity contribution >= 4 is 49.8 Å². The van der Waals surface area contributed by atoms with Crippen LogP contribution in [0.5, 0.6) is 17.2 Å². The summed E-state index contributed by atoms with van der Waals surface area (Å²) in [6, 6.07) is 21.8. The number of allylic oxidation sites excluding steroid dienone is 1. The Morgan fingerprint density at radius 3 is 2.44 bits per heavy atom. The first-order valence-corrected chi connectivity index (χ1v) is 23.2. The Morgan fingerprint density at radius 2 is 1.70 bits per heavy atom. The van der Waals surface area contributed by atoms with Gasteiger partial charge in [-0.15, -0.1) is 0 Å². The number of benzene rings is 3. The summed E-state index contributed by atoms with van der Waals surface area (Å²) in [7, 11) is -4.27. The second-order valence-electron chi connectivity index (χ2n) is 18.2. The predicted molar refractivity (Wildman–Crippen MR) is 241 cm³/mol. The number of hydrogen-bond donors (Lipinski definition) is 3. The number of carbonyl (C=O) groups excluding carboxylic acids is 1. The van der Waals surface area contributed by atoms with Crippen LogP contribution in [0.25, 0.3) is 16.6 Å². The van der Waals surface area contributed by atoms with Crippen LogP contribution >= 0.6 is 11.6 Å². The topological polar surface area (TPSA) is 137 Å². The number of nitrogens with one attached hydrogen (secondary N) is 2. The van der Waals surface area contributed by atoms with Crippen molar-refractivity contribution in [2.24, 2.45) is 11.3 Å². The van der Waals surface area contributed by atoms with Crippen molar-refractivity contribution in [2.75, 3.05) is 44.2 Å². The summed E-state index contributed by atoms with van der Waals surface area (Å²) in [6.07, 6.45) is 9.83. The van der Waals surface area contributed by atoms with Gasteiger partial charge in [-0.25, -0.2) is 18.1 Å². The highest BCUT2D eigenvalue weighted by Gasteiger charge is 2.31. The number of anilines is 1. The molecule has 3 aliphatic rings. The van der Waals surface area contributed by atoms with Gasteiger partial charge in [-0.3, -0.25) is 9.69 Å². The molecule has 1 saturated heterocycles. The van der Waals surface area contributed by atoms with Gasteiger partial charge in [0.2, 0.25) is 0 Å². The third-order valence-electron chi connectivity index (χ3n) is 12.7. The molecule has 5 aromatic rings.